The number of hydrogen-bond donors (Lipinski definition) is 2. The first kappa shape index (κ1) is 13.7. The Morgan fingerprint density at radius 3 is 2.76 bits per heavy atom. The van der Waals surface area contributed by atoms with Gasteiger partial charge in [-0.3, -0.25) is 4.79 Å². The van der Waals surface area contributed by atoms with Crippen LogP contribution in [0.15, 0.2) is 53.6 Å². The highest BCUT2D eigenvalue weighted by Gasteiger charge is 2.07. The third-order valence-electron chi connectivity index (χ3n) is 2.88. The van der Waals surface area contributed by atoms with Crippen LogP contribution in [-0.4, -0.2) is 22.1 Å². The van der Waals surface area contributed by atoms with E-state index in [1.807, 2.05) is 42.5 Å². The lowest BCUT2D eigenvalue weighted by atomic mass is 10.2. The van der Waals surface area contributed by atoms with Gasteiger partial charge in [0.2, 0.25) is 0 Å². The number of nitrogens with one attached hydrogen (secondary N) is 2. The Labute approximate surface area is 134 Å². The standard InChI is InChI=1S/C15H11IN4O/c16-11-6-2-1-5-10(11)15(21)20-17-9-14-18-12-7-3-4-8-13(12)19-14/h1-9H,(H,18,19)(H,20,21)/b17-9+. The first-order valence-electron chi connectivity index (χ1n) is 6.27. The number of aromatic amines is 1. The van der Waals surface area contributed by atoms with E-state index in [0.717, 1.165) is 14.6 Å². The van der Waals surface area contributed by atoms with Gasteiger partial charge in [0.1, 0.15) is 0 Å². The molecule has 0 aliphatic carbocycles. The minimum absolute atomic E-state index is 0.243. The molecule has 0 aliphatic rings. The molecule has 5 nitrogen and oxygen atoms in total. The number of halogens is 1. The Balaban J connectivity index is 1.72. The quantitative estimate of drug-likeness (QED) is 0.410. The summed E-state index contributed by atoms with van der Waals surface area (Å²) in [5.74, 6) is 0.353. The Morgan fingerprint density at radius 1 is 1.19 bits per heavy atom. The SMILES string of the molecule is O=C(N/N=C/c1nc2ccccc2[nH]1)c1ccccc1I. The zero-order chi connectivity index (χ0) is 14.7. The van der Waals surface area contributed by atoms with Gasteiger partial charge in [-0.2, -0.15) is 5.10 Å². The average Bonchev–Trinajstić information content (AvgIpc) is 2.90. The number of benzene rings is 2. The van der Waals surface area contributed by atoms with E-state index in [4.69, 9.17) is 0 Å². The van der Waals surface area contributed by atoms with Crippen molar-refractivity contribution in [2.24, 2.45) is 5.10 Å². The van der Waals surface area contributed by atoms with Crippen molar-refractivity contribution in [3.05, 3.63) is 63.5 Å². The maximum absolute atomic E-state index is 12.0. The summed E-state index contributed by atoms with van der Waals surface area (Å²) < 4.78 is 0.881. The van der Waals surface area contributed by atoms with Crippen molar-refractivity contribution in [2.45, 2.75) is 0 Å². The molecule has 0 fully saturated rings. The van der Waals surface area contributed by atoms with E-state index in [0.29, 0.717) is 11.4 Å². The van der Waals surface area contributed by atoms with Crippen LogP contribution in [0, 0.1) is 3.57 Å². The van der Waals surface area contributed by atoms with Crippen LogP contribution in [0.3, 0.4) is 0 Å². The van der Waals surface area contributed by atoms with E-state index >= 15 is 0 Å². The molecule has 0 bridgehead atoms. The van der Waals surface area contributed by atoms with Gasteiger partial charge in [0, 0.05) is 3.57 Å². The second kappa shape index (κ2) is 6.04. The molecule has 1 amide bonds. The van der Waals surface area contributed by atoms with Crippen molar-refractivity contribution in [1.29, 1.82) is 0 Å². The van der Waals surface area contributed by atoms with Crippen LogP contribution in [0.1, 0.15) is 16.2 Å². The molecule has 1 heterocycles. The van der Waals surface area contributed by atoms with Crippen LogP contribution >= 0.6 is 22.6 Å². The second-order valence-corrected chi connectivity index (χ2v) is 5.48. The first-order valence-corrected chi connectivity index (χ1v) is 7.34. The molecule has 0 saturated heterocycles. The van der Waals surface area contributed by atoms with Gasteiger partial charge in [0.05, 0.1) is 22.8 Å². The largest absolute Gasteiger partial charge is 0.337 e. The van der Waals surface area contributed by atoms with Crippen LogP contribution in [0.5, 0.6) is 0 Å². The molecule has 0 unspecified atom stereocenters. The number of para-hydroxylation sites is 2. The fourth-order valence-electron chi connectivity index (χ4n) is 1.89. The lowest BCUT2D eigenvalue weighted by Gasteiger charge is -2.01. The molecule has 21 heavy (non-hydrogen) atoms. The van der Waals surface area contributed by atoms with Gasteiger partial charge in [-0.15, -0.1) is 0 Å². The molecule has 6 heteroatoms. The first-order chi connectivity index (χ1) is 10.2. The normalized spacial score (nSPS) is 11.1. The molecule has 0 saturated carbocycles. The third kappa shape index (κ3) is 3.10. The lowest BCUT2D eigenvalue weighted by molar-refractivity contribution is 0.0954. The monoisotopic (exact) mass is 390 g/mol. The number of H-pyrrole nitrogens is 1. The number of imidazole rings is 1. The smallest absolute Gasteiger partial charge is 0.272 e. The lowest BCUT2D eigenvalue weighted by Crippen LogP contribution is -2.18. The summed E-state index contributed by atoms with van der Waals surface area (Å²) in [6.45, 7) is 0. The molecule has 0 aliphatic heterocycles. The molecule has 0 radical (unpaired) electrons. The summed E-state index contributed by atoms with van der Waals surface area (Å²) in [7, 11) is 0. The van der Waals surface area contributed by atoms with Crippen molar-refractivity contribution in [1.82, 2.24) is 15.4 Å². The van der Waals surface area contributed by atoms with Crippen LogP contribution in [0.4, 0.5) is 0 Å². The molecule has 3 rings (SSSR count). The minimum Gasteiger partial charge on any atom is -0.337 e. The molecule has 3 aromatic rings. The Kier molecular flexibility index (Phi) is 3.96. The highest BCUT2D eigenvalue weighted by molar-refractivity contribution is 14.1. The summed E-state index contributed by atoms with van der Waals surface area (Å²) in [4.78, 5) is 19.4. The zero-order valence-electron chi connectivity index (χ0n) is 10.9. The van der Waals surface area contributed by atoms with E-state index in [9.17, 15) is 4.79 Å². The van der Waals surface area contributed by atoms with Crippen molar-refractivity contribution in [2.75, 3.05) is 0 Å². The van der Waals surface area contributed by atoms with Crippen LogP contribution in [0.2, 0.25) is 0 Å². The average molecular weight is 390 g/mol. The number of nitrogens with zero attached hydrogens (tertiary/aromatic N) is 2. The van der Waals surface area contributed by atoms with Crippen molar-refractivity contribution < 1.29 is 4.79 Å². The third-order valence-corrected chi connectivity index (χ3v) is 3.82. The number of aromatic nitrogens is 2. The Hall–Kier alpha value is -2.22. The fraction of sp³-hybridized carbons (Fsp3) is 0. The predicted octanol–water partition coefficient (Wildman–Crippen LogP) is 2.93. The van der Waals surface area contributed by atoms with E-state index in [-0.39, 0.29) is 5.91 Å². The van der Waals surface area contributed by atoms with E-state index in [2.05, 4.69) is 43.1 Å². The van der Waals surface area contributed by atoms with Crippen LogP contribution < -0.4 is 5.43 Å². The highest BCUT2D eigenvalue weighted by atomic mass is 127. The predicted molar refractivity (Wildman–Crippen MR) is 90.3 cm³/mol. The summed E-state index contributed by atoms with van der Waals surface area (Å²) in [6.07, 6.45) is 1.49. The van der Waals surface area contributed by atoms with Gasteiger partial charge >= 0.3 is 0 Å². The van der Waals surface area contributed by atoms with Crippen molar-refractivity contribution in [3.63, 3.8) is 0 Å². The molecular weight excluding hydrogens is 379 g/mol. The molecule has 0 atom stereocenters. The second-order valence-electron chi connectivity index (χ2n) is 4.32. The summed E-state index contributed by atoms with van der Waals surface area (Å²) in [5, 5.41) is 3.93. The van der Waals surface area contributed by atoms with E-state index in [1.54, 1.807) is 6.07 Å². The fourth-order valence-corrected chi connectivity index (χ4v) is 2.52. The molecule has 1 aromatic heterocycles. The van der Waals surface area contributed by atoms with Gasteiger partial charge in [-0.1, -0.05) is 24.3 Å². The zero-order valence-corrected chi connectivity index (χ0v) is 13.0. The number of hydrazone groups is 1. The van der Waals surface area contributed by atoms with Gasteiger partial charge in [-0.25, -0.2) is 10.4 Å². The number of carbonyl (C=O) groups excluding carboxylic acids is 1. The maximum Gasteiger partial charge on any atom is 0.272 e. The maximum atomic E-state index is 12.0. The van der Waals surface area contributed by atoms with E-state index in [1.165, 1.54) is 6.21 Å². The Bertz CT molecular complexity index is 792. The van der Waals surface area contributed by atoms with Crippen molar-refractivity contribution in [3.8, 4) is 0 Å². The van der Waals surface area contributed by atoms with Gasteiger partial charge < -0.3 is 4.98 Å². The molecule has 0 spiro atoms. The molecule has 2 aromatic carbocycles. The molecule has 104 valence electrons. The number of carbonyl (C=O) groups is 1. The minimum atomic E-state index is -0.243. The van der Waals surface area contributed by atoms with Gasteiger partial charge in [-0.05, 0) is 46.9 Å². The Morgan fingerprint density at radius 2 is 1.95 bits per heavy atom. The molecule has 2 N–H and O–H groups in total. The number of hydrogen-bond acceptors (Lipinski definition) is 3. The summed E-state index contributed by atoms with van der Waals surface area (Å²) in [6, 6.07) is 15.0. The number of rotatable bonds is 3. The highest BCUT2D eigenvalue weighted by Crippen LogP contribution is 2.11. The van der Waals surface area contributed by atoms with Crippen molar-refractivity contribution >= 4 is 45.7 Å². The number of amides is 1. The molecular formula is C15H11IN4O. The number of fused-ring (bicyclic) bond motifs is 1. The van der Waals surface area contributed by atoms with E-state index < -0.39 is 0 Å². The van der Waals surface area contributed by atoms with Gasteiger partial charge in [0.15, 0.2) is 5.82 Å². The van der Waals surface area contributed by atoms with Crippen LogP contribution in [-0.2, 0) is 0 Å². The topological polar surface area (TPSA) is 70.1 Å². The van der Waals surface area contributed by atoms with Gasteiger partial charge in [0.25, 0.3) is 5.91 Å². The van der Waals surface area contributed by atoms with Crippen LogP contribution in [0.25, 0.3) is 11.0 Å². The summed E-state index contributed by atoms with van der Waals surface area (Å²) in [5.41, 5.74) is 4.89. The summed E-state index contributed by atoms with van der Waals surface area (Å²) >= 11 is 2.12.